The topological polar surface area (TPSA) is 79.4 Å². The minimum atomic E-state index is -3.54. The smallest absolute Gasteiger partial charge is 0.243 e. The van der Waals surface area contributed by atoms with Gasteiger partial charge in [-0.25, -0.2) is 8.42 Å². The van der Waals surface area contributed by atoms with Gasteiger partial charge in [-0.15, -0.1) is 0 Å². The molecule has 1 fully saturated rings. The molecular weight excluding hydrogens is 422 g/mol. The van der Waals surface area contributed by atoms with E-state index in [-0.39, 0.29) is 17.9 Å². The fraction of sp³-hybridized carbons (Fsp3) is 0.280. The van der Waals surface area contributed by atoms with Gasteiger partial charge < -0.3 is 5.32 Å². The van der Waals surface area contributed by atoms with Crippen molar-refractivity contribution in [2.24, 2.45) is 5.92 Å². The summed E-state index contributed by atoms with van der Waals surface area (Å²) in [5, 5.41) is 3.18. The zero-order chi connectivity index (χ0) is 22.6. The van der Waals surface area contributed by atoms with Gasteiger partial charge in [-0.3, -0.25) is 9.78 Å². The van der Waals surface area contributed by atoms with E-state index in [1.54, 1.807) is 36.7 Å². The third-order valence-electron chi connectivity index (χ3n) is 5.94. The molecule has 1 saturated heterocycles. The van der Waals surface area contributed by atoms with Crippen molar-refractivity contribution in [2.75, 3.05) is 13.1 Å². The molecule has 1 N–H and O–H groups in total. The van der Waals surface area contributed by atoms with Crippen molar-refractivity contribution in [3.63, 3.8) is 0 Å². The number of nitrogens with zero attached hydrogens (tertiary/aromatic N) is 2. The lowest BCUT2D eigenvalue weighted by Crippen LogP contribution is -2.43. The first kappa shape index (κ1) is 22.2. The third-order valence-corrected chi connectivity index (χ3v) is 7.86. The summed E-state index contributed by atoms with van der Waals surface area (Å²) in [6.07, 6.45) is 4.42. The summed E-state index contributed by atoms with van der Waals surface area (Å²) in [6, 6.07) is 20.2. The molecule has 3 aromatic rings. The molecule has 1 atom stereocenters. The monoisotopic (exact) mass is 449 g/mol. The second-order valence-electron chi connectivity index (χ2n) is 8.12. The van der Waals surface area contributed by atoms with Crippen molar-refractivity contribution >= 4 is 15.9 Å². The van der Waals surface area contributed by atoms with Gasteiger partial charge in [0, 0.05) is 31.4 Å². The molecule has 4 rings (SSSR count). The van der Waals surface area contributed by atoms with E-state index in [0.717, 1.165) is 16.7 Å². The Bertz CT molecular complexity index is 1100. The molecule has 32 heavy (non-hydrogen) atoms. The fourth-order valence-electron chi connectivity index (χ4n) is 4.04. The van der Waals surface area contributed by atoms with Gasteiger partial charge in [0.25, 0.3) is 0 Å². The average molecular weight is 450 g/mol. The Kier molecular flexibility index (Phi) is 6.67. The third kappa shape index (κ3) is 4.89. The lowest BCUT2D eigenvalue weighted by molar-refractivity contribution is -0.126. The van der Waals surface area contributed by atoms with Crippen molar-refractivity contribution in [3.05, 3.63) is 95.8 Å². The maximum absolute atomic E-state index is 13.1. The molecular formula is C25H27N3O3S. The summed E-state index contributed by atoms with van der Waals surface area (Å²) in [6.45, 7) is 2.59. The molecule has 2 heterocycles. The van der Waals surface area contributed by atoms with E-state index < -0.39 is 10.0 Å². The standard InChI is InChI=1S/C25H27N3O3S/c1-19-7-9-23(10-8-19)32(30,31)28-17-13-22(14-18-28)25(29)27-24(20-5-3-2-4-6-20)21-11-15-26-16-12-21/h2-12,15-16,22,24H,13-14,17-18H2,1H3,(H,27,29)/t24-/m0/s1. The fourth-order valence-corrected chi connectivity index (χ4v) is 5.51. The predicted octanol–water partition coefficient (Wildman–Crippen LogP) is 3.70. The van der Waals surface area contributed by atoms with E-state index in [2.05, 4.69) is 10.3 Å². The van der Waals surface area contributed by atoms with E-state index >= 15 is 0 Å². The maximum Gasteiger partial charge on any atom is 0.243 e. The van der Waals surface area contributed by atoms with Crippen LogP contribution in [0, 0.1) is 12.8 Å². The van der Waals surface area contributed by atoms with E-state index in [1.165, 1.54) is 4.31 Å². The average Bonchev–Trinajstić information content (AvgIpc) is 2.84. The van der Waals surface area contributed by atoms with Crippen LogP contribution in [0.4, 0.5) is 0 Å². The van der Waals surface area contributed by atoms with Crippen LogP contribution in [0.2, 0.25) is 0 Å². The Labute approximate surface area is 189 Å². The molecule has 0 bridgehead atoms. The minimum Gasteiger partial charge on any atom is -0.345 e. The van der Waals surface area contributed by atoms with Crippen LogP contribution in [0.25, 0.3) is 0 Å². The summed E-state index contributed by atoms with van der Waals surface area (Å²) in [5.74, 6) is -0.282. The Morgan fingerprint density at radius 1 is 0.938 bits per heavy atom. The molecule has 0 saturated carbocycles. The lowest BCUT2D eigenvalue weighted by atomic mass is 9.94. The Morgan fingerprint density at radius 2 is 1.53 bits per heavy atom. The molecule has 166 valence electrons. The molecule has 0 spiro atoms. The molecule has 1 aliphatic heterocycles. The first-order chi connectivity index (χ1) is 15.4. The van der Waals surface area contributed by atoms with Gasteiger partial charge >= 0.3 is 0 Å². The van der Waals surface area contributed by atoms with Gasteiger partial charge in [0.15, 0.2) is 0 Å². The van der Waals surface area contributed by atoms with Crippen LogP contribution in [0.1, 0.15) is 35.6 Å². The number of carbonyl (C=O) groups is 1. The molecule has 1 aromatic heterocycles. The second-order valence-corrected chi connectivity index (χ2v) is 10.1. The molecule has 0 unspecified atom stereocenters. The van der Waals surface area contributed by atoms with E-state index in [9.17, 15) is 13.2 Å². The van der Waals surface area contributed by atoms with Crippen LogP contribution in [0.3, 0.4) is 0 Å². The van der Waals surface area contributed by atoms with E-state index in [0.29, 0.717) is 30.8 Å². The van der Waals surface area contributed by atoms with Crippen LogP contribution in [0.15, 0.2) is 84.0 Å². The van der Waals surface area contributed by atoms with Crippen molar-refractivity contribution in [3.8, 4) is 0 Å². The van der Waals surface area contributed by atoms with Crippen LogP contribution in [-0.4, -0.2) is 36.7 Å². The normalized spacial score (nSPS) is 16.4. The molecule has 1 amide bonds. The van der Waals surface area contributed by atoms with Crippen molar-refractivity contribution < 1.29 is 13.2 Å². The van der Waals surface area contributed by atoms with Crippen LogP contribution in [-0.2, 0) is 14.8 Å². The molecule has 6 nitrogen and oxygen atoms in total. The van der Waals surface area contributed by atoms with Crippen molar-refractivity contribution in [1.82, 2.24) is 14.6 Å². The quantitative estimate of drug-likeness (QED) is 0.622. The highest BCUT2D eigenvalue weighted by atomic mass is 32.2. The second kappa shape index (κ2) is 9.63. The summed E-state index contributed by atoms with van der Waals surface area (Å²) in [5.41, 5.74) is 2.96. The number of amides is 1. The number of piperidine rings is 1. The number of sulfonamides is 1. The number of hydrogen-bond donors (Lipinski definition) is 1. The highest BCUT2D eigenvalue weighted by Gasteiger charge is 2.33. The predicted molar refractivity (Wildman–Crippen MR) is 123 cm³/mol. The molecule has 1 aliphatic rings. The first-order valence-electron chi connectivity index (χ1n) is 10.8. The number of carbonyl (C=O) groups excluding carboxylic acids is 1. The highest BCUT2D eigenvalue weighted by molar-refractivity contribution is 7.89. The van der Waals surface area contributed by atoms with E-state index in [1.807, 2.05) is 49.4 Å². The SMILES string of the molecule is Cc1ccc(S(=O)(=O)N2CCC(C(=O)N[C@@H](c3ccccc3)c3ccncc3)CC2)cc1. The molecule has 2 aromatic carbocycles. The number of pyridine rings is 1. The number of aryl methyl sites for hydroxylation is 1. The van der Waals surface area contributed by atoms with Crippen LogP contribution >= 0.6 is 0 Å². The molecule has 0 radical (unpaired) electrons. The van der Waals surface area contributed by atoms with Gasteiger partial charge in [-0.2, -0.15) is 4.31 Å². The van der Waals surface area contributed by atoms with Gasteiger partial charge in [-0.1, -0.05) is 48.0 Å². The summed E-state index contributed by atoms with van der Waals surface area (Å²) in [4.78, 5) is 17.5. The first-order valence-corrected chi connectivity index (χ1v) is 12.2. The summed E-state index contributed by atoms with van der Waals surface area (Å²) >= 11 is 0. The van der Waals surface area contributed by atoms with Crippen molar-refractivity contribution in [1.29, 1.82) is 0 Å². The van der Waals surface area contributed by atoms with Gasteiger partial charge in [0.1, 0.15) is 0 Å². The van der Waals surface area contributed by atoms with Gasteiger partial charge in [0.2, 0.25) is 15.9 Å². The van der Waals surface area contributed by atoms with Crippen LogP contribution in [0.5, 0.6) is 0 Å². The number of nitrogens with one attached hydrogen (secondary N) is 1. The number of aromatic nitrogens is 1. The number of hydrogen-bond acceptors (Lipinski definition) is 4. The van der Waals surface area contributed by atoms with Crippen LogP contribution < -0.4 is 5.32 Å². The van der Waals surface area contributed by atoms with Crippen molar-refractivity contribution in [2.45, 2.75) is 30.7 Å². The lowest BCUT2D eigenvalue weighted by Gasteiger charge is -2.31. The maximum atomic E-state index is 13.1. The summed E-state index contributed by atoms with van der Waals surface area (Å²) in [7, 11) is -3.54. The van der Waals surface area contributed by atoms with Gasteiger partial charge in [-0.05, 0) is 55.2 Å². The summed E-state index contributed by atoms with van der Waals surface area (Å²) < 4.78 is 27.4. The molecule has 7 heteroatoms. The van der Waals surface area contributed by atoms with E-state index in [4.69, 9.17) is 0 Å². The number of benzene rings is 2. The minimum absolute atomic E-state index is 0.0527. The zero-order valence-corrected chi connectivity index (χ0v) is 18.8. The Hall–Kier alpha value is -3.03. The largest absolute Gasteiger partial charge is 0.345 e. The Morgan fingerprint density at radius 3 is 2.16 bits per heavy atom. The zero-order valence-electron chi connectivity index (χ0n) is 18.0. The Balaban J connectivity index is 1.44. The molecule has 0 aliphatic carbocycles. The number of rotatable bonds is 6. The van der Waals surface area contributed by atoms with Gasteiger partial charge in [0.05, 0.1) is 10.9 Å². The highest BCUT2D eigenvalue weighted by Crippen LogP contribution is 2.27.